The zero-order valence-electron chi connectivity index (χ0n) is 10.3. The van der Waals surface area contributed by atoms with E-state index < -0.39 is 5.82 Å². The quantitative estimate of drug-likeness (QED) is 0.832. The summed E-state index contributed by atoms with van der Waals surface area (Å²) >= 11 is 0. The maximum Gasteiger partial charge on any atom is 0.238 e. The van der Waals surface area contributed by atoms with Gasteiger partial charge in [-0.05, 0) is 12.1 Å². The summed E-state index contributed by atoms with van der Waals surface area (Å²) < 4.78 is 18.4. The fourth-order valence-electron chi connectivity index (χ4n) is 1.79. The molecule has 1 fully saturated rings. The van der Waals surface area contributed by atoms with Crippen LogP contribution in [-0.2, 0) is 9.53 Å². The zero-order chi connectivity index (χ0) is 13.0. The lowest BCUT2D eigenvalue weighted by atomic mass is 9.89. The SMILES string of the molecule is CC1(CNCC(=O)Nc2ccccc2F)COC1. The Morgan fingerprint density at radius 1 is 1.44 bits per heavy atom. The first kappa shape index (κ1) is 13.0. The summed E-state index contributed by atoms with van der Waals surface area (Å²) in [5.41, 5.74) is 0.334. The number of amides is 1. The van der Waals surface area contributed by atoms with Crippen LogP contribution >= 0.6 is 0 Å². The van der Waals surface area contributed by atoms with E-state index >= 15 is 0 Å². The third kappa shape index (κ3) is 3.27. The summed E-state index contributed by atoms with van der Waals surface area (Å²) in [4.78, 5) is 11.6. The van der Waals surface area contributed by atoms with Crippen molar-refractivity contribution in [3.63, 3.8) is 0 Å². The van der Waals surface area contributed by atoms with Crippen LogP contribution < -0.4 is 10.6 Å². The van der Waals surface area contributed by atoms with Crippen molar-refractivity contribution >= 4 is 11.6 Å². The van der Waals surface area contributed by atoms with Crippen LogP contribution in [0.25, 0.3) is 0 Å². The van der Waals surface area contributed by atoms with Crippen LogP contribution in [-0.4, -0.2) is 32.2 Å². The Kier molecular flexibility index (Phi) is 3.93. The lowest BCUT2D eigenvalue weighted by molar-refractivity contribution is -0.117. The highest BCUT2D eigenvalue weighted by atomic mass is 19.1. The van der Waals surface area contributed by atoms with Gasteiger partial charge in [0.05, 0.1) is 25.4 Å². The zero-order valence-corrected chi connectivity index (χ0v) is 10.3. The maximum absolute atomic E-state index is 13.3. The van der Waals surface area contributed by atoms with Gasteiger partial charge in [-0.1, -0.05) is 19.1 Å². The molecule has 2 N–H and O–H groups in total. The molecule has 0 bridgehead atoms. The van der Waals surface area contributed by atoms with Crippen LogP contribution in [0.15, 0.2) is 24.3 Å². The molecule has 2 rings (SSSR count). The lowest BCUT2D eigenvalue weighted by Gasteiger charge is -2.38. The molecule has 4 nitrogen and oxygen atoms in total. The Labute approximate surface area is 106 Å². The van der Waals surface area contributed by atoms with Gasteiger partial charge in [0.2, 0.25) is 5.91 Å². The van der Waals surface area contributed by atoms with Gasteiger partial charge in [0.25, 0.3) is 0 Å². The molecule has 98 valence electrons. The number of ether oxygens (including phenoxy) is 1. The van der Waals surface area contributed by atoms with Crippen molar-refractivity contribution in [2.45, 2.75) is 6.92 Å². The summed E-state index contributed by atoms with van der Waals surface area (Å²) in [5.74, 6) is -0.672. The maximum atomic E-state index is 13.3. The van der Waals surface area contributed by atoms with Crippen LogP contribution in [0.2, 0.25) is 0 Å². The fourth-order valence-corrected chi connectivity index (χ4v) is 1.79. The number of rotatable bonds is 5. The number of benzene rings is 1. The number of halogens is 1. The number of anilines is 1. The summed E-state index contributed by atoms with van der Waals surface area (Å²) in [6.07, 6.45) is 0. The molecule has 5 heteroatoms. The molecule has 0 aliphatic carbocycles. The molecular weight excluding hydrogens is 235 g/mol. The van der Waals surface area contributed by atoms with Crippen molar-refractivity contribution < 1.29 is 13.9 Å². The minimum atomic E-state index is -0.426. The van der Waals surface area contributed by atoms with Crippen LogP contribution in [0.3, 0.4) is 0 Å². The fraction of sp³-hybridized carbons (Fsp3) is 0.462. The van der Waals surface area contributed by atoms with Gasteiger partial charge in [0, 0.05) is 12.0 Å². The first-order chi connectivity index (χ1) is 8.59. The molecule has 1 heterocycles. The minimum Gasteiger partial charge on any atom is -0.380 e. The predicted octanol–water partition coefficient (Wildman–Crippen LogP) is 1.39. The summed E-state index contributed by atoms with van der Waals surface area (Å²) in [5, 5.41) is 5.58. The molecule has 1 aliphatic rings. The summed E-state index contributed by atoms with van der Waals surface area (Å²) in [7, 11) is 0. The highest BCUT2D eigenvalue weighted by molar-refractivity contribution is 5.92. The molecular formula is C13H17FN2O2. The molecule has 0 aromatic heterocycles. The van der Waals surface area contributed by atoms with E-state index in [1.165, 1.54) is 12.1 Å². The van der Waals surface area contributed by atoms with Crippen LogP contribution in [0, 0.1) is 11.2 Å². The topological polar surface area (TPSA) is 50.4 Å². The standard InChI is InChI=1S/C13H17FN2O2/c1-13(8-18-9-13)7-15-6-12(17)16-11-5-3-2-4-10(11)14/h2-5,15H,6-9H2,1H3,(H,16,17). The third-order valence-corrected chi connectivity index (χ3v) is 2.89. The highest BCUT2D eigenvalue weighted by Gasteiger charge is 2.32. The van der Waals surface area contributed by atoms with E-state index in [9.17, 15) is 9.18 Å². The van der Waals surface area contributed by atoms with E-state index in [4.69, 9.17) is 4.74 Å². The van der Waals surface area contributed by atoms with Crippen LogP contribution in [0.4, 0.5) is 10.1 Å². The van der Waals surface area contributed by atoms with Crippen LogP contribution in [0.5, 0.6) is 0 Å². The van der Waals surface area contributed by atoms with E-state index in [-0.39, 0.29) is 23.6 Å². The number of hydrogen-bond donors (Lipinski definition) is 2. The van der Waals surface area contributed by atoms with E-state index in [1.54, 1.807) is 12.1 Å². The molecule has 0 atom stereocenters. The number of carbonyl (C=O) groups is 1. The first-order valence-corrected chi connectivity index (χ1v) is 5.92. The van der Waals surface area contributed by atoms with E-state index in [2.05, 4.69) is 17.6 Å². The van der Waals surface area contributed by atoms with Gasteiger partial charge in [-0.15, -0.1) is 0 Å². The van der Waals surface area contributed by atoms with Crippen molar-refractivity contribution in [1.82, 2.24) is 5.32 Å². The average molecular weight is 252 g/mol. The second-order valence-corrected chi connectivity index (χ2v) is 4.94. The smallest absolute Gasteiger partial charge is 0.238 e. The van der Waals surface area contributed by atoms with Crippen molar-refractivity contribution in [3.8, 4) is 0 Å². The molecule has 1 aliphatic heterocycles. The number of nitrogens with one attached hydrogen (secondary N) is 2. The Bertz CT molecular complexity index is 433. The summed E-state index contributed by atoms with van der Waals surface area (Å²) in [6.45, 7) is 4.42. The largest absolute Gasteiger partial charge is 0.380 e. The second-order valence-electron chi connectivity index (χ2n) is 4.94. The van der Waals surface area contributed by atoms with Crippen molar-refractivity contribution in [2.75, 3.05) is 31.6 Å². The molecule has 1 aromatic rings. The molecule has 1 aromatic carbocycles. The van der Waals surface area contributed by atoms with E-state index in [1.807, 2.05) is 0 Å². The second kappa shape index (κ2) is 5.46. The Balaban J connectivity index is 1.74. The average Bonchev–Trinajstić information content (AvgIpc) is 2.30. The van der Waals surface area contributed by atoms with Crippen molar-refractivity contribution in [1.29, 1.82) is 0 Å². The first-order valence-electron chi connectivity index (χ1n) is 5.92. The molecule has 1 saturated heterocycles. The molecule has 0 spiro atoms. The summed E-state index contributed by atoms with van der Waals surface area (Å²) in [6, 6.07) is 6.11. The van der Waals surface area contributed by atoms with Gasteiger partial charge in [0.15, 0.2) is 0 Å². The highest BCUT2D eigenvalue weighted by Crippen LogP contribution is 2.24. The Morgan fingerprint density at radius 2 is 2.17 bits per heavy atom. The molecule has 0 unspecified atom stereocenters. The number of hydrogen-bond acceptors (Lipinski definition) is 3. The van der Waals surface area contributed by atoms with Crippen molar-refractivity contribution in [3.05, 3.63) is 30.1 Å². The van der Waals surface area contributed by atoms with E-state index in [0.29, 0.717) is 0 Å². The molecule has 0 saturated carbocycles. The third-order valence-electron chi connectivity index (χ3n) is 2.89. The Morgan fingerprint density at radius 3 is 2.78 bits per heavy atom. The van der Waals surface area contributed by atoms with Gasteiger partial charge in [-0.2, -0.15) is 0 Å². The van der Waals surface area contributed by atoms with Crippen LogP contribution in [0.1, 0.15) is 6.92 Å². The van der Waals surface area contributed by atoms with Gasteiger partial charge in [0.1, 0.15) is 5.82 Å². The molecule has 1 amide bonds. The monoisotopic (exact) mass is 252 g/mol. The molecule has 0 radical (unpaired) electrons. The molecule has 18 heavy (non-hydrogen) atoms. The normalized spacial score (nSPS) is 17.0. The number of carbonyl (C=O) groups excluding carboxylic acids is 1. The Hall–Kier alpha value is -1.46. The minimum absolute atomic E-state index is 0.123. The van der Waals surface area contributed by atoms with Gasteiger partial charge in [-0.3, -0.25) is 4.79 Å². The predicted molar refractivity (Wildman–Crippen MR) is 66.8 cm³/mol. The van der Waals surface area contributed by atoms with Gasteiger partial charge < -0.3 is 15.4 Å². The van der Waals surface area contributed by atoms with Gasteiger partial charge >= 0.3 is 0 Å². The van der Waals surface area contributed by atoms with Gasteiger partial charge in [-0.25, -0.2) is 4.39 Å². The lowest BCUT2D eigenvalue weighted by Crippen LogP contribution is -2.48. The van der Waals surface area contributed by atoms with E-state index in [0.717, 1.165) is 19.8 Å². The van der Waals surface area contributed by atoms with Crippen molar-refractivity contribution in [2.24, 2.45) is 5.41 Å². The number of para-hydroxylation sites is 1.